The average Bonchev–Trinajstić information content (AvgIpc) is 2.32. The van der Waals surface area contributed by atoms with E-state index in [0.29, 0.717) is 0 Å². The number of hydrogen-bond donors (Lipinski definition) is 1. The molecule has 1 saturated heterocycles. The molecule has 0 amide bonds. The zero-order valence-electron chi connectivity index (χ0n) is 9.28. The van der Waals surface area contributed by atoms with Crippen molar-refractivity contribution in [1.82, 2.24) is 5.32 Å². The Balaban J connectivity index is 1.55. The molecule has 0 saturated carbocycles. The molecule has 2 unspecified atom stereocenters. The van der Waals surface area contributed by atoms with E-state index in [0.717, 1.165) is 38.8 Å². The first-order valence-electron chi connectivity index (χ1n) is 6.00. The first kappa shape index (κ1) is 11.1. The molecule has 0 aromatic heterocycles. The van der Waals surface area contributed by atoms with Gasteiger partial charge in [-0.25, -0.2) is 0 Å². The number of ether oxygens (including phenoxy) is 2. The van der Waals surface area contributed by atoms with Crippen LogP contribution in [0.1, 0.15) is 19.3 Å². The fourth-order valence-corrected chi connectivity index (χ4v) is 2.14. The molecule has 2 aliphatic rings. The van der Waals surface area contributed by atoms with E-state index in [1.165, 1.54) is 19.3 Å². The first-order valence-corrected chi connectivity index (χ1v) is 6.00. The molecule has 0 spiro atoms. The van der Waals surface area contributed by atoms with Crippen LogP contribution in [0, 0.1) is 5.92 Å². The molecule has 2 atom stereocenters. The van der Waals surface area contributed by atoms with Crippen LogP contribution in [0.5, 0.6) is 0 Å². The Hall–Kier alpha value is -0.380. The summed E-state index contributed by atoms with van der Waals surface area (Å²) >= 11 is 0. The molecule has 0 aromatic carbocycles. The summed E-state index contributed by atoms with van der Waals surface area (Å²) in [4.78, 5) is 0. The fourth-order valence-electron chi connectivity index (χ4n) is 2.14. The summed E-state index contributed by atoms with van der Waals surface area (Å²) in [6.45, 7) is 4.30. The molecule has 0 aromatic rings. The van der Waals surface area contributed by atoms with Gasteiger partial charge in [-0.1, -0.05) is 12.2 Å². The van der Waals surface area contributed by atoms with Crippen LogP contribution in [0.25, 0.3) is 0 Å². The van der Waals surface area contributed by atoms with Crippen molar-refractivity contribution in [2.75, 3.05) is 32.9 Å². The molecule has 15 heavy (non-hydrogen) atoms. The lowest BCUT2D eigenvalue weighted by Crippen LogP contribution is -2.39. The average molecular weight is 211 g/mol. The highest BCUT2D eigenvalue weighted by molar-refractivity contribution is 4.90. The number of allylic oxidation sites excluding steroid dienone is 2. The van der Waals surface area contributed by atoms with E-state index < -0.39 is 0 Å². The minimum atomic E-state index is 0.262. The van der Waals surface area contributed by atoms with Crippen molar-refractivity contribution < 1.29 is 9.47 Å². The highest BCUT2D eigenvalue weighted by atomic mass is 16.6. The molecule has 1 aliphatic carbocycles. The molecule has 1 aliphatic heterocycles. The maximum absolute atomic E-state index is 5.57. The summed E-state index contributed by atoms with van der Waals surface area (Å²) in [6, 6.07) is 0. The lowest BCUT2D eigenvalue weighted by Gasteiger charge is -2.24. The Morgan fingerprint density at radius 1 is 1.20 bits per heavy atom. The summed E-state index contributed by atoms with van der Waals surface area (Å²) in [7, 11) is 0. The van der Waals surface area contributed by atoms with Crippen molar-refractivity contribution in [3.8, 4) is 0 Å². The Morgan fingerprint density at radius 3 is 2.93 bits per heavy atom. The zero-order chi connectivity index (χ0) is 10.3. The van der Waals surface area contributed by atoms with E-state index in [1.54, 1.807) is 0 Å². The van der Waals surface area contributed by atoms with Crippen molar-refractivity contribution in [2.45, 2.75) is 25.4 Å². The van der Waals surface area contributed by atoms with E-state index in [4.69, 9.17) is 9.47 Å². The summed E-state index contributed by atoms with van der Waals surface area (Å²) in [5.41, 5.74) is 0. The molecule has 1 N–H and O–H groups in total. The highest BCUT2D eigenvalue weighted by Crippen LogP contribution is 2.16. The molecular weight excluding hydrogens is 190 g/mol. The molecule has 3 heteroatoms. The predicted molar refractivity (Wildman–Crippen MR) is 59.9 cm³/mol. The van der Waals surface area contributed by atoms with Gasteiger partial charge < -0.3 is 14.8 Å². The minimum Gasteiger partial charge on any atom is -0.376 e. The van der Waals surface area contributed by atoms with Crippen LogP contribution in [-0.4, -0.2) is 39.0 Å². The second-order valence-corrected chi connectivity index (χ2v) is 4.38. The van der Waals surface area contributed by atoms with E-state index in [-0.39, 0.29) is 6.10 Å². The smallest absolute Gasteiger partial charge is 0.0933 e. The van der Waals surface area contributed by atoms with Crippen LogP contribution in [0.2, 0.25) is 0 Å². The van der Waals surface area contributed by atoms with Crippen molar-refractivity contribution in [3.05, 3.63) is 12.2 Å². The molecule has 3 nitrogen and oxygen atoms in total. The SMILES string of the molecule is C1=CCC(CNCC2COCCO2)CC1. The van der Waals surface area contributed by atoms with Gasteiger partial charge in [-0.3, -0.25) is 0 Å². The van der Waals surface area contributed by atoms with Crippen molar-refractivity contribution in [3.63, 3.8) is 0 Å². The molecule has 0 radical (unpaired) electrons. The number of nitrogens with one attached hydrogen (secondary N) is 1. The van der Waals surface area contributed by atoms with E-state index in [2.05, 4.69) is 17.5 Å². The minimum absolute atomic E-state index is 0.262. The molecule has 86 valence electrons. The van der Waals surface area contributed by atoms with Gasteiger partial charge in [0.05, 0.1) is 25.9 Å². The molecule has 1 fully saturated rings. The standard InChI is InChI=1S/C12H21NO2/c1-2-4-11(5-3-1)8-13-9-12-10-14-6-7-15-12/h1-2,11-13H,3-10H2. The highest BCUT2D eigenvalue weighted by Gasteiger charge is 2.15. The fraction of sp³-hybridized carbons (Fsp3) is 0.833. The predicted octanol–water partition coefficient (Wildman–Crippen LogP) is 1.35. The van der Waals surface area contributed by atoms with Crippen molar-refractivity contribution in [1.29, 1.82) is 0 Å². The lowest BCUT2D eigenvalue weighted by atomic mass is 9.94. The topological polar surface area (TPSA) is 30.5 Å². The first-order chi connectivity index (χ1) is 7.45. The van der Waals surface area contributed by atoms with Crippen LogP contribution < -0.4 is 5.32 Å². The third-order valence-electron chi connectivity index (χ3n) is 3.07. The Labute approximate surface area is 91.8 Å². The molecule has 0 bridgehead atoms. The zero-order valence-corrected chi connectivity index (χ0v) is 9.28. The van der Waals surface area contributed by atoms with Gasteiger partial charge in [0.1, 0.15) is 0 Å². The van der Waals surface area contributed by atoms with Crippen LogP contribution in [-0.2, 0) is 9.47 Å². The number of hydrogen-bond acceptors (Lipinski definition) is 3. The van der Waals surface area contributed by atoms with Crippen LogP contribution in [0.15, 0.2) is 12.2 Å². The summed E-state index contributed by atoms with van der Waals surface area (Å²) in [5, 5.41) is 3.49. The largest absolute Gasteiger partial charge is 0.376 e. The van der Waals surface area contributed by atoms with Crippen molar-refractivity contribution >= 4 is 0 Å². The second-order valence-electron chi connectivity index (χ2n) is 4.38. The quantitative estimate of drug-likeness (QED) is 0.712. The lowest BCUT2D eigenvalue weighted by molar-refractivity contribution is -0.0865. The van der Waals surface area contributed by atoms with Gasteiger partial charge in [0.25, 0.3) is 0 Å². The van der Waals surface area contributed by atoms with Gasteiger partial charge in [0, 0.05) is 6.54 Å². The normalized spacial score (nSPS) is 31.7. The maximum atomic E-state index is 5.57. The third kappa shape index (κ3) is 3.93. The van der Waals surface area contributed by atoms with E-state index >= 15 is 0 Å². The van der Waals surface area contributed by atoms with Crippen molar-refractivity contribution in [2.24, 2.45) is 5.92 Å². The van der Waals surface area contributed by atoms with Gasteiger partial charge in [0.15, 0.2) is 0 Å². The Bertz CT molecular complexity index is 200. The molecule has 1 heterocycles. The third-order valence-corrected chi connectivity index (χ3v) is 3.07. The van der Waals surface area contributed by atoms with Gasteiger partial charge >= 0.3 is 0 Å². The molecular formula is C12H21NO2. The second kappa shape index (κ2) is 6.26. The van der Waals surface area contributed by atoms with E-state index in [1.807, 2.05) is 0 Å². The monoisotopic (exact) mass is 211 g/mol. The summed E-state index contributed by atoms with van der Waals surface area (Å²) < 4.78 is 10.9. The Kier molecular flexibility index (Phi) is 4.64. The molecule has 2 rings (SSSR count). The van der Waals surface area contributed by atoms with Gasteiger partial charge in [-0.05, 0) is 31.7 Å². The van der Waals surface area contributed by atoms with E-state index in [9.17, 15) is 0 Å². The van der Waals surface area contributed by atoms with Crippen LogP contribution in [0.3, 0.4) is 0 Å². The van der Waals surface area contributed by atoms with Crippen LogP contribution >= 0.6 is 0 Å². The van der Waals surface area contributed by atoms with Gasteiger partial charge in [-0.2, -0.15) is 0 Å². The summed E-state index contributed by atoms with van der Waals surface area (Å²) in [6.07, 6.45) is 8.65. The maximum Gasteiger partial charge on any atom is 0.0933 e. The van der Waals surface area contributed by atoms with Gasteiger partial charge in [-0.15, -0.1) is 0 Å². The van der Waals surface area contributed by atoms with Gasteiger partial charge in [0.2, 0.25) is 0 Å². The van der Waals surface area contributed by atoms with Crippen LogP contribution in [0.4, 0.5) is 0 Å². The summed E-state index contributed by atoms with van der Waals surface area (Å²) in [5.74, 6) is 0.819. The Morgan fingerprint density at radius 2 is 2.20 bits per heavy atom. The number of rotatable bonds is 4.